The molecule has 0 saturated carbocycles. The molecule has 0 heterocycles. The number of halogens is 3. The Morgan fingerprint density at radius 2 is 1.61 bits per heavy atom. The summed E-state index contributed by atoms with van der Waals surface area (Å²) in [7, 11) is 0. The molecule has 0 radical (unpaired) electrons. The van der Waals surface area contributed by atoms with Crippen molar-refractivity contribution in [1.29, 1.82) is 0 Å². The Morgan fingerprint density at radius 3 is 2.17 bits per heavy atom. The van der Waals surface area contributed by atoms with Crippen LogP contribution in [0.4, 0.5) is 18.9 Å². The van der Waals surface area contributed by atoms with Crippen LogP contribution in [-0.2, 0) is 12.8 Å². The van der Waals surface area contributed by atoms with E-state index in [-0.39, 0.29) is 10.9 Å². The van der Waals surface area contributed by atoms with E-state index in [1.807, 2.05) is 6.92 Å². The third-order valence-corrected chi connectivity index (χ3v) is 3.17. The number of anilines is 1. The lowest BCUT2D eigenvalue weighted by atomic mass is 9.94. The van der Waals surface area contributed by atoms with Crippen LogP contribution in [-0.4, -0.2) is 0 Å². The van der Waals surface area contributed by atoms with Crippen molar-refractivity contribution in [1.82, 2.24) is 0 Å². The monoisotopic (exact) mass is 253 g/mol. The highest BCUT2D eigenvalue weighted by atomic mass is 19.2. The molecule has 96 valence electrons. The van der Waals surface area contributed by atoms with Gasteiger partial charge in [-0.3, -0.25) is 0 Å². The fourth-order valence-electron chi connectivity index (χ4n) is 2.32. The quantitative estimate of drug-likeness (QED) is 0.636. The summed E-state index contributed by atoms with van der Waals surface area (Å²) in [5, 5.41) is 0.508. The zero-order valence-corrected chi connectivity index (χ0v) is 10.3. The molecule has 0 aliphatic rings. The molecule has 0 aliphatic carbocycles. The van der Waals surface area contributed by atoms with Gasteiger partial charge in [-0.15, -0.1) is 0 Å². The van der Waals surface area contributed by atoms with Crippen LogP contribution in [0.5, 0.6) is 0 Å². The summed E-state index contributed by atoms with van der Waals surface area (Å²) in [5.41, 5.74) is 6.96. The fraction of sp³-hybridized carbons (Fsp3) is 0.286. The Balaban J connectivity index is 3.05. The lowest BCUT2D eigenvalue weighted by Gasteiger charge is -2.13. The number of hydrogen-bond donors (Lipinski definition) is 1. The maximum atomic E-state index is 13.8. The van der Waals surface area contributed by atoms with Crippen molar-refractivity contribution in [3.05, 3.63) is 40.7 Å². The molecule has 0 aliphatic heterocycles. The van der Waals surface area contributed by atoms with E-state index in [1.165, 1.54) is 6.07 Å². The summed E-state index contributed by atoms with van der Waals surface area (Å²) in [5.74, 6) is -3.68. The van der Waals surface area contributed by atoms with E-state index < -0.39 is 17.5 Å². The largest absolute Gasteiger partial charge is 0.399 e. The van der Waals surface area contributed by atoms with Gasteiger partial charge in [-0.25, -0.2) is 13.2 Å². The standard InChI is InChI=1S/C14H14F3N/c1-3-7-5-8(18)6-10-11(7)9(4-2)12(15)14(17)13(10)16/h5-6H,3-4,18H2,1-2H3. The average molecular weight is 253 g/mol. The minimum Gasteiger partial charge on any atom is -0.399 e. The van der Waals surface area contributed by atoms with Gasteiger partial charge in [0.25, 0.3) is 0 Å². The van der Waals surface area contributed by atoms with E-state index in [9.17, 15) is 13.2 Å². The Morgan fingerprint density at radius 1 is 0.944 bits per heavy atom. The maximum absolute atomic E-state index is 13.8. The van der Waals surface area contributed by atoms with Crippen LogP contribution in [0.15, 0.2) is 12.1 Å². The summed E-state index contributed by atoms with van der Waals surface area (Å²) < 4.78 is 41.0. The fourth-order valence-corrected chi connectivity index (χ4v) is 2.32. The van der Waals surface area contributed by atoms with Gasteiger partial charge in [0.05, 0.1) is 0 Å². The normalized spacial score (nSPS) is 11.2. The summed E-state index contributed by atoms with van der Waals surface area (Å²) >= 11 is 0. The third kappa shape index (κ3) is 1.72. The lowest BCUT2D eigenvalue weighted by Crippen LogP contribution is -2.03. The van der Waals surface area contributed by atoms with E-state index in [0.29, 0.717) is 23.9 Å². The molecule has 0 aromatic heterocycles. The molecule has 0 amide bonds. The Labute approximate surface area is 103 Å². The van der Waals surface area contributed by atoms with Crippen molar-refractivity contribution in [3.63, 3.8) is 0 Å². The molecule has 0 spiro atoms. The summed E-state index contributed by atoms with van der Waals surface area (Å²) in [6.45, 7) is 3.58. The lowest BCUT2D eigenvalue weighted by molar-refractivity contribution is 0.448. The third-order valence-electron chi connectivity index (χ3n) is 3.17. The molecule has 2 aromatic rings. The molecule has 2 N–H and O–H groups in total. The Kier molecular flexibility index (Phi) is 3.20. The van der Waals surface area contributed by atoms with Crippen molar-refractivity contribution in [2.75, 3.05) is 5.73 Å². The number of aryl methyl sites for hydroxylation is 2. The predicted octanol–water partition coefficient (Wildman–Crippen LogP) is 3.96. The molecule has 0 fully saturated rings. The van der Waals surface area contributed by atoms with Gasteiger partial charge in [-0.1, -0.05) is 13.8 Å². The second-order valence-corrected chi connectivity index (χ2v) is 4.23. The van der Waals surface area contributed by atoms with Gasteiger partial charge < -0.3 is 5.73 Å². The number of nitrogens with two attached hydrogens (primary N) is 1. The van der Waals surface area contributed by atoms with Crippen LogP contribution in [0.3, 0.4) is 0 Å². The molecular weight excluding hydrogens is 239 g/mol. The minimum absolute atomic E-state index is 0.0580. The summed E-state index contributed by atoms with van der Waals surface area (Å²) in [6, 6.07) is 3.03. The van der Waals surface area contributed by atoms with Crippen LogP contribution >= 0.6 is 0 Å². The second kappa shape index (κ2) is 4.52. The first-order valence-corrected chi connectivity index (χ1v) is 5.88. The molecule has 2 rings (SSSR count). The summed E-state index contributed by atoms with van der Waals surface area (Å²) in [6.07, 6.45) is 0.884. The number of nitrogen functional groups attached to an aromatic ring is 1. The van der Waals surface area contributed by atoms with E-state index in [4.69, 9.17) is 5.73 Å². The average Bonchev–Trinajstić information content (AvgIpc) is 2.37. The number of fused-ring (bicyclic) bond motifs is 1. The molecule has 0 bridgehead atoms. The van der Waals surface area contributed by atoms with Crippen molar-refractivity contribution in [3.8, 4) is 0 Å². The number of rotatable bonds is 2. The first-order valence-electron chi connectivity index (χ1n) is 5.88. The van der Waals surface area contributed by atoms with E-state index in [1.54, 1.807) is 13.0 Å². The van der Waals surface area contributed by atoms with Crippen LogP contribution < -0.4 is 5.73 Å². The summed E-state index contributed by atoms with van der Waals surface area (Å²) in [4.78, 5) is 0. The zero-order chi connectivity index (χ0) is 13.4. The van der Waals surface area contributed by atoms with E-state index in [2.05, 4.69) is 0 Å². The molecule has 4 heteroatoms. The van der Waals surface area contributed by atoms with Crippen LogP contribution in [0.1, 0.15) is 25.0 Å². The van der Waals surface area contributed by atoms with Crippen molar-refractivity contribution < 1.29 is 13.2 Å². The number of hydrogen-bond acceptors (Lipinski definition) is 1. The van der Waals surface area contributed by atoms with Crippen molar-refractivity contribution in [2.24, 2.45) is 0 Å². The van der Waals surface area contributed by atoms with E-state index in [0.717, 1.165) is 5.56 Å². The minimum atomic E-state index is -1.42. The van der Waals surface area contributed by atoms with Gasteiger partial charge in [-0.05, 0) is 41.5 Å². The van der Waals surface area contributed by atoms with Crippen LogP contribution in [0.2, 0.25) is 0 Å². The van der Waals surface area contributed by atoms with Crippen molar-refractivity contribution >= 4 is 16.5 Å². The maximum Gasteiger partial charge on any atom is 0.195 e. The molecule has 1 nitrogen and oxygen atoms in total. The van der Waals surface area contributed by atoms with Gasteiger partial charge in [0, 0.05) is 11.1 Å². The molecular formula is C14H14F3N. The van der Waals surface area contributed by atoms with Crippen LogP contribution in [0.25, 0.3) is 10.8 Å². The highest BCUT2D eigenvalue weighted by Crippen LogP contribution is 2.32. The predicted molar refractivity (Wildman–Crippen MR) is 67.0 cm³/mol. The van der Waals surface area contributed by atoms with Gasteiger partial charge in [0.1, 0.15) is 0 Å². The highest BCUT2D eigenvalue weighted by molar-refractivity contribution is 5.92. The van der Waals surface area contributed by atoms with Gasteiger partial charge in [-0.2, -0.15) is 0 Å². The SMILES string of the molecule is CCc1cc(N)cc2c(F)c(F)c(F)c(CC)c12. The van der Waals surface area contributed by atoms with Crippen LogP contribution in [0, 0.1) is 17.5 Å². The molecule has 0 atom stereocenters. The van der Waals surface area contributed by atoms with Crippen molar-refractivity contribution in [2.45, 2.75) is 26.7 Å². The van der Waals surface area contributed by atoms with Gasteiger partial charge >= 0.3 is 0 Å². The Hall–Kier alpha value is -1.71. The van der Waals surface area contributed by atoms with E-state index >= 15 is 0 Å². The van der Waals surface area contributed by atoms with Gasteiger partial charge in [0.15, 0.2) is 17.5 Å². The first-order chi connectivity index (χ1) is 8.51. The zero-order valence-electron chi connectivity index (χ0n) is 10.3. The first kappa shape index (κ1) is 12.7. The number of benzene rings is 2. The Bertz CT molecular complexity index is 620. The second-order valence-electron chi connectivity index (χ2n) is 4.23. The molecule has 0 unspecified atom stereocenters. The molecule has 18 heavy (non-hydrogen) atoms. The molecule has 0 saturated heterocycles. The smallest absolute Gasteiger partial charge is 0.195 e. The van der Waals surface area contributed by atoms with Gasteiger partial charge in [0.2, 0.25) is 0 Å². The highest BCUT2D eigenvalue weighted by Gasteiger charge is 2.20. The topological polar surface area (TPSA) is 26.0 Å². The molecule has 2 aromatic carbocycles.